The first-order chi connectivity index (χ1) is 14.9. The van der Waals surface area contributed by atoms with Crippen molar-refractivity contribution < 1.29 is 18.8 Å². The molecule has 7 nitrogen and oxygen atoms in total. The predicted molar refractivity (Wildman–Crippen MR) is 113 cm³/mol. The van der Waals surface area contributed by atoms with Gasteiger partial charge in [-0.1, -0.05) is 11.2 Å². The van der Waals surface area contributed by atoms with Crippen molar-refractivity contribution in [1.82, 2.24) is 14.7 Å². The summed E-state index contributed by atoms with van der Waals surface area (Å²) >= 11 is 0. The summed E-state index contributed by atoms with van der Waals surface area (Å²) in [6.07, 6.45) is 1.66. The number of carbonyl (C=O) groups is 1. The second-order valence-electron chi connectivity index (χ2n) is 7.29. The Kier molecular flexibility index (Phi) is 5.62. The Morgan fingerprint density at radius 2 is 1.90 bits per heavy atom. The standard InChI is InChI=1S/C23H20FN3O4/c1-14-25-22(26-31-14)15-6-11-20-16(12-15)13-19(4-2-3-5-21(28)29)27(23(20)30)18-9-7-17(24)8-10-18/h6-13H,2-5H2,1H3,(H,28,29). The van der Waals surface area contributed by atoms with E-state index in [1.165, 1.54) is 12.1 Å². The molecule has 0 radical (unpaired) electrons. The number of hydrogen-bond acceptors (Lipinski definition) is 5. The number of aryl methyl sites for hydroxylation is 2. The number of unbranched alkanes of at least 4 members (excludes halogenated alkanes) is 1. The monoisotopic (exact) mass is 421 g/mol. The third kappa shape index (κ3) is 4.37. The van der Waals surface area contributed by atoms with Crippen LogP contribution in [0.25, 0.3) is 27.8 Å². The van der Waals surface area contributed by atoms with E-state index in [-0.39, 0.29) is 17.8 Å². The molecule has 0 atom stereocenters. The molecular formula is C23H20FN3O4. The van der Waals surface area contributed by atoms with Gasteiger partial charge in [0.05, 0.1) is 0 Å². The number of aromatic nitrogens is 3. The van der Waals surface area contributed by atoms with Gasteiger partial charge in [0.25, 0.3) is 5.56 Å². The van der Waals surface area contributed by atoms with Gasteiger partial charge in [-0.3, -0.25) is 14.2 Å². The highest BCUT2D eigenvalue weighted by Gasteiger charge is 2.14. The van der Waals surface area contributed by atoms with E-state index in [2.05, 4.69) is 10.1 Å². The molecule has 0 aliphatic carbocycles. The van der Waals surface area contributed by atoms with E-state index < -0.39 is 5.97 Å². The molecule has 2 aromatic carbocycles. The van der Waals surface area contributed by atoms with E-state index in [1.54, 1.807) is 35.8 Å². The molecule has 0 bridgehead atoms. The van der Waals surface area contributed by atoms with Crippen molar-refractivity contribution in [2.24, 2.45) is 0 Å². The Hall–Kier alpha value is -3.81. The molecule has 0 unspecified atom stereocenters. The highest BCUT2D eigenvalue weighted by Crippen LogP contribution is 2.24. The van der Waals surface area contributed by atoms with Crippen LogP contribution in [-0.4, -0.2) is 25.8 Å². The molecule has 0 spiro atoms. The Bertz CT molecular complexity index is 1310. The molecule has 2 heterocycles. The van der Waals surface area contributed by atoms with Gasteiger partial charge in [-0.2, -0.15) is 4.98 Å². The van der Waals surface area contributed by atoms with Gasteiger partial charge in [0.1, 0.15) is 5.82 Å². The van der Waals surface area contributed by atoms with Crippen molar-refractivity contribution >= 4 is 16.7 Å². The average Bonchev–Trinajstić information content (AvgIpc) is 3.18. The van der Waals surface area contributed by atoms with Gasteiger partial charge in [0.15, 0.2) is 0 Å². The lowest BCUT2D eigenvalue weighted by molar-refractivity contribution is -0.137. The fourth-order valence-corrected chi connectivity index (χ4v) is 3.57. The molecule has 4 aromatic rings. The van der Waals surface area contributed by atoms with Crippen molar-refractivity contribution in [3.63, 3.8) is 0 Å². The minimum Gasteiger partial charge on any atom is -0.481 e. The van der Waals surface area contributed by atoms with Gasteiger partial charge in [-0.15, -0.1) is 0 Å². The molecule has 0 aliphatic rings. The van der Waals surface area contributed by atoms with Crippen LogP contribution in [0.4, 0.5) is 4.39 Å². The normalized spacial score (nSPS) is 11.2. The molecule has 0 saturated carbocycles. The van der Waals surface area contributed by atoms with Crippen LogP contribution in [0, 0.1) is 12.7 Å². The summed E-state index contributed by atoms with van der Waals surface area (Å²) in [6, 6.07) is 12.9. The zero-order valence-electron chi connectivity index (χ0n) is 16.8. The Morgan fingerprint density at radius 3 is 2.58 bits per heavy atom. The summed E-state index contributed by atoms with van der Waals surface area (Å²) in [6.45, 7) is 1.70. The van der Waals surface area contributed by atoms with Gasteiger partial charge in [0, 0.05) is 35.7 Å². The van der Waals surface area contributed by atoms with Crippen molar-refractivity contribution in [2.45, 2.75) is 32.6 Å². The molecule has 158 valence electrons. The number of benzene rings is 2. The van der Waals surface area contributed by atoms with Crippen LogP contribution in [0.2, 0.25) is 0 Å². The number of halogens is 1. The third-order valence-electron chi connectivity index (χ3n) is 5.04. The first kappa shape index (κ1) is 20.5. The van der Waals surface area contributed by atoms with Crippen LogP contribution in [0.1, 0.15) is 30.8 Å². The number of pyridine rings is 1. The number of carboxylic acids is 1. The van der Waals surface area contributed by atoms with E-state index >= 15 is 0 Å². The number of fused-ring (bicyclic) bond motifs is 1. The van der Waals surface area contributed by atoms with Crippen LogP contribution in [0.15, 0.2) is 57.8 Å². The minimum atomic E-state index is -0.852. The molecule has 8 heteroatoms. The van der Waals surface area contributed by atoms with Gasteiger partial charge in [0.2, 0.25) is 11.7 Å². The number of rotatable bonds is 7. The highest BCUT2D eigenvalue weighted by molar-refractivity contribution is 5.86. The average molecular weight is 421 g/mol. The first-order valence-electron chi connectivity index (χ1n) is 9.89. The fourth-order valence-electron chi connectivity index (χ4n) is 3.57. The van der Waals surface area contributed by atoms with Gasteiger partial charge < -0.3 is 9.63 Å². The maximum absolute atomic E-state index is 13.4. The Balaban J connectivity index is 1.82. The lowest BCUT2D eigenvalue weighted by Crippen LogP contribution is -2.22. The van der Waals surface area contributed by atoms with Crippen molar-refractivity contribution in [3.8, 4) is 17.1 Å². The quantitative estimate of drug-likeness (QED) is 0.447. The van der Waals surface area contributed by atoms with Crippen molar-refractivity contribution in [3.05, 3.63) is 76.3 Å². The van der Waals surface area contributed by atoms with Crippen molar-refractivity contribution in [1.29, 1.82) is 0 Å². The largest absolute Gasteiger partial charge is 0.481 e. The lowest BCUT2D eigenvalue weighted by atomic mass is 10.0. The number of nitrogens with zero attached hydrogens (tertiary/aromatic N) is 3. The topological polar surface area (TPSA) is 98.2 Å². The second-order valence-corrected chi connectivity index (χ2v) is 7.29. The highest BCUT2D eigenvalue weighted by atomic mass is 19.1. The zero-order valence-corrected chi connectivity index (χ0v) is 16.8. The molecule has 0 amide bonds. The molecule has 2 aromatic heterocycles. The second kappa shape index (κ2) is 8.51. The molecule has 31 heavy (non-hydrogen) atoms. The van der Waals surface area contributed by atoms with Crippen LogP contribution in [0.5, 0.6) is 0 Å². The lowest BCUT2D eigenvalue weighted by Gasteiger charge is -2.15. The van der Waals surface area contributed by atoms with Gasteiger partial charge in [-0.25, -0.2) is 4.39 Å². The van der Waals surface area contributed by atoms with Crippen LogP contribution in [-0.2, 0) is 11.2 Å². The van der Waals surface area contributed by atoms with Crippen LogP contribution >= 0.6 is 0 Å². The molecule has 0 aliphatic heterocycles. The fraction of sp³-hybridized carbons (Fsp3) is 0.217. The molecule has 0 fully saturated rings. The first-order valence-corrected chi connectivity index (χ1v) is 9.89. The summed E-state index contributed by atoms with van der Waals surface area (Å²) in [7, 11) is 0. The van der Waals surface area contributed by atoms with Crippen LogP contribution in [0.3, 0.4) is 0 Å². The SMILES string of the molecule is Cc1nc(-c2ccc3c(=O)n(-c4ccc(F)cc4)c(CCCCC(=O)O)cc3c2)no1. The van der Waals surface area contributed by atoms with E-state index in [0.717, 1.165) is 16.6 Å². The van der Waals surface area contributed by atoms with E-state index in [1.807, 2.05) is 12.1 Å². The summed E-state index contributed by atoms with van der Waals surface area (Å²) in [5.41, 5.74) is 1.77. The maximum Gasteiger partial charge on any atom is 0.303 e. The molecule has 0 saturated heterocycles. The molecule has 4 rings (SSSR count). The summed E-state index contributed by atoms with van der Waals surface area (Å²) in [5.74, 6) is -0.360. The zero-order chi connectivity index (χ0) is 22.0. The van der Waals surface area contributed by atoms with E-state index in [4.69, 9.17) is 9.63 Å². The predicted octanol–water partition coefficient (Wildman–Crippen LogP) is 4.29. The summed E-state index contributed by atoms with van der Waals surface area (Å²) < 4.78 is 20.0. The smallest absolute Gasteiger partial charge is 0.303 e. The number of hydrogen-bond donors (Lipinski definition) is 1. The van der Waals surface area contributed by atoms with Crippen LogP contribution < -0.4 is 5.56 Å². The Labute approximate surface area is 176 Å². The Morgan fingerprint density at radius 1 is 1.13 bits per heavy atom. The van der Waals surface area contributed by atoms with E-state index in [9.17, 15) is 14.0 Å². The number of aliphatic carboxylic acids is 1. The third-order valence-corrected chi connectivity index (χ3v) is 5.04. The van der Waals surface area contributed by atoms with Crippen molar-refractivity contribution in [2.75, 3.05) is 0 Å². The maximum atomic E-state index is 13.4. The molecular weight excluding hydrogens is 401 g/mol. The number of carboxylic acid groups (broad SMARTS) is 1. The molecule has 1 N–H and O–H groups in total. The summed E-state index contributed by atoms with van der Waals surface area (Å²) in [4.78, 5) is 28.4. The summed E-state index contributed by atoms with van der Waals surface area (Å²) in [5, 5.41) is 14.0. The minimum absolute atomic E-state index is 0.0652. The van der Waals surface area contributed by atoms with Gasteiger partial charge in [-0.05, 0) is 67.1 Å². The van der Waals surface area contributed by atoms with E-state index in [0.29, 0.717) is 42.1 Å². The van der Waals surface area contributed by atoms with Gasteiger partial charge >= 0.3 is 5.97 Å².